The first-order valence-corrected chi connectivity index (χ1v) is 11.8. The van der Waals surface area contributed by atoms with E-state index in [0.29, 0.717) is 27.7 Å². The van der Waals surface area contributed by atoms with Gasteiger partial charge in [0.2, 0.25) is 0 Å². The molecule has 180 valence electrons. The van der Waals surface area contributed by atoms with E-state index in [1.54, 1.807) is 19.9 Å². The fourth-order valence-corrected chi connectivity index (χ4v) is 4.30. The van der Waals surface area contributed by atoms with Gasteiger partial charge >= 0.3 is 11.9 Å². The zero-order valence-electron chi connectivity index (χ0n) is 19.5. The minimum absolute atomic E-state index is 0.212. The van der Waals surface area contributed by atoms with Crippen LogP contribution in [0.4, 0.5) is 0 Å². The number of carbonyl (C=O) groups excluding carboxylic acids is 2. The summed E-state index contributed by atoms with van der Waals surface area (Å²) in [5.41, 5.74) is 2.39. The number of hydrogen-bond acceptors (Lipinski definition) is 6. The van der Waals surface area contributed by atoms with Gasteiger partial charge < -0.3 is 24.8 Å². The van der Waals surface area contributed by atoms with Crippen LogP contribution >= 0.6 is 12.2 Å². The summed E-state index contributed by atoms with van der Waals surface area (Å²) in [5, 5.41) is 8.52. The summed E-state index contributed by atoms with van der Waals surface area (Å²) in [6, 6.07) is 20.2. The maximum atomic E-state index is 13.4. The highest BCUT2D eigenvalue weighted by Gasteiger charge is 2.36. The van der Waals surface area contributed by atoms with Crippen LogP contribution in [-0.4, -0.2) is 36.9 Å². The molecule has 0 aromatic heterocycles. The predicted molar refractivity (Wildman–Crippen MR) is 138 cm³/mol. The van der Waals surface area contributed by atoms with Gasteiger partial charge in [-0.3, -0.25) is 0 Å². The number of hydrogen-bond donors (Lipinski definition) is 2. The molecule has 0 radical (unpaired) electrons. The zero-order chi connectivity index (χ0) is 24.8. The van der Waals surface area contributed by atoms with Gasteiger partial charge in [-0.25, -0.2) is 9.59 Å². The van der Waals surface area contributed by atoms with Gasteiger partial charge in [-0.1, -0.05) is 60.7 Å². The SMILES string of the molecule is CCOC(=O)COc1ccc2ccccc2c1[C@@H]1NC(=S)NC(c2ccccc2)=C1C(=O)OCC. The topological polar surface area (TPSA) is 85.9 Å². The van der Waals surface area contributed by atoms with Gasteiger partial charge in [0, 0.05) is 5.56 Å². The minimum atomic E-state index is -0.693. The zero-order valence-corrected chi connectivity index (χ0v) is 20.3. The number of fused-ring (bicyclic) bond motifs is 1. The molecule has 0 bridgehead atoms. The van der Waals surface area contributed by atoms with E-state index in [-0.39, 0.29) is 19.8 Å². The molecule has 35 heavy (non-hydrogen) atoms. The van der Waals surface area contributed by atoms with E-state index in [1.165, 1.54) is 0 Å². The van der Waals surface area contributed by atoms with Crippen molar-refractivity contribution in [3.05, 3.63) is 83.4 Å². The van der Waals surface area contributed by atoms with Crippen LogP contribution in [0.3, 0.4) is 0 Å². The molecule has 8 heteroatoms. The monoisotopic (exact) mass is 490 g/mol. The van der Waals surface area contributed by atoms with E-state index < -0.39 is 18.0 Å². The van der Waals surface area contributed by atoms with Crippen molar-refractivity contribution >= 4 is 45.7 Å². The molecule has 3 aromatic rings. The molecule has 7 nitrogen and oxygen atoms in total. The van der Waals surface area contributed by atoms with E-state index >= 15 is 0 Å². The lowest BCUT2D eigenvalue weighted by Crippen LogP contribution is -2.45. The second kappa shape index (κ2) is 11.0. The summed E-state index contributed by atoms with van der Waals surface area (Å²) < 4.78 is 16.4. The Hall–Kier alpha value is -3.91. The Bertz CT molecular complexity index is 1290. The van der Waals surface area contributed by atoms with Gasteiger partial charge in [0.15, 0.2) is 11.7 Å². The summed E-state index contributed by atoms with van der Waals surface area (Å²) in [6.07, 6.45) is 0. The lowest BCUT2D eigenvalue weighted by molar-refractivity contribution is -0.145. The fraction of sp³-hybridized carbons (Fsp3) is 0.222. The maximum Gasteiger partial charge on any atom is 0.344 e. The number of esters is 2. The van der Waals surface area contributed by atoms with Crippen molar-refractivity contribution in [3.63, 3.8) is 0 Å². The van der Waals surface area contributed by atoms with Gasteiger partial charge in [-0.05, 0) is 48.5 Å². The molecule has 1 aliphatic heterocycles. The predicted octanol–water partition coefficient (Wildman–Crippen LogP) is 4.27. The van der Waals surface area contributed by atoms with Crippen LogP contribution in [0.1, 0.15) is 31.0 Å². The highest BCUT2D eigenvalue weighted by atomic mass is 32.1. The first-order valence-electron chi connectivity index (χ1n) is 11.4. The van der Waals surface area contributed by atoms with Crippen molar-refractivity contribution in [2.75, 3.05) is 19.8 Å². The first kappa shape index (κ1) is 24.2. The molecule has 0 saturated heterocycles. The van der Waals surface area contributed by atoms with Crippen LogP contribution in [0.25, 0.3) is 16.5 Å². The molecule has 0 spiro atoms. The van der Waals surface area contributed by atoms with Gasteiger partial charge in [0.25, 0.3) is 0 Å². The molecular formula is C27H26N2O5S. The van der Waals surface area contributed by atoms with Crippen molar-refractivity contribution in [3.8, 4) is 5.75 Å². The molecular weight excluding hydrogens is 464 g/mol. The summed E-state index contributed by atoms with van der Waals surface area (Å²) in [4.78, 5) is 25.4. The van der Waals surface area contributed by atoms with Gasteiger partial charge in [0.05, 0.1) is 30.5 Å². The Balaban J connectivity index is 1.93. The Morgan fingerprint density at radius 1 is 0.914 bits per heavy atom. The average molecular weight is 491 g/mol. The van der Waals surface area contributed by atoms with Gasteiger partial charge in [-0.15, -0.1) is 0 Å². The third kappa shape index (κ3) is 5.27. The molecule has 0 fully saturated rings. The van der Waals surface area contributed by atoms with E-state index in [0.717, 1.165) is 16.3 Å². The lowest BCUT2D eigenvalue weighted by atomic mass is 9.89. The number of benzene rings is 3. The number of rotatable bonds is 8. The van der Waals surface area contributed by atoms with E-state index in [4.69, 9.17) is 26.4 Å². The average Bonchev–Trinajstić information content (AvgIpc) is 2.87. The Labute approximate surface area is 209 Å². The second-order valence-corrected chi connectivity index (χ2v) is 8.11. The van der Waals surface area contributed by atoms with Crippen LogP contribution in [0.2, 0.25) is 0 Å². The van der Waals surface area contributed by atoms with Crippen molar-refractivity contribution < 1.29 is 23.8 Å². The van der Waals surface area contributed by atoms with Crippen LogP contribution in [0.5, 0.6) is 5.75 Å². The second-order valence-electron chi connectivity index (χ2n) is 7.70. The van der Waals surface area contributed by atoms with E-state index in [1.807, 2.05) is 60.7 Å². The summed E-state index contributed by atoms with van der Waals surface area (Å²) >= 11 is 5.55. The number of ether oxygens (including phenoxy) is 3. The summed E-state index contributed by atoms with van der Waals surface area (Å²) in [6.45, 7) is 3.70. The summed E-state index contributed by atoms with van der Waals surface area (Å²) in [5.74, 6) is -0.525. The van der Waals surface area contributed by atoms with Crippen LogP contribution in [0.15, 0.2) is 72.3 Å². The molecule has 0 aliphatic carbocycles. The Morgan fingerprint density at radius 3 is 2.37 bits per heavy atom. The third-order valence-corrected chi connectivity index (χ3v) is 5.72. The van der Waals surface area contributed by atoms with Crippen molar-refractivity contribution in [2.45, 2.75) is 19.9 Å². The van der Waals surface area contributed by atoms with E-state index in [9.17, 15) is 9.59 Å². The number of carbonyl (C=O) groups is 2. The fourth-order valence-electron chi connectivity index (χ4n) is 4.08. The largest absolute Gasteiger partial charge is 0.482 e. The van der Waals surface area contributed by atoms with Crippen molar-refractivity contribution in [1.29, 1.82) is 0 Å². The molecule has 0 unspecified atom stereocenters. The van der Waals surface area contributed by atoms with Gasteiger partial charge in [-0.2, -0.15) is 0 Å². The molecule has 3 aromatic carbocycles. The molecule has 4 rings (SSSR count). The van der Waals surface area contributed by atoms with Crippen LogP contribution in [-0.2, 0) is 19.1 Å². The lowest BCUT2D eigenvalue weighted by Gasteiger charge is -2.32. The first-order chi connectivity index (χ1) is 17.0. The maximum absolute atomic E-state index is 13.4. The molecule has 1 heterocycles. The normalized spacial score (nSPS) is 15.3. The van der Waals surface area contributed by atoms with Crippen LogP contribution in [0, 0.1) is 0 Å². The molecule has 2 N–H and O–H groups in total. The quantitative estimate of drug-likeness (QED) is 0.358. The number of thiocarbonyl (C=S) groups is 1. The molecule has 0 saturated carbocycles. The smallest absolute Gasteiger partial charge is 0.344 e. The summed E-state index contributed by atoms with van der Waals surface area (Å²) in [7, 11) is 0. The Kier molecular flexibility index (Phi) is 7.62. The highest BCUT2D eigenvalue weighted by molar-refractivity contribution is 7.80. The van der Waals surface area contributed by atoms with Gasteiger partial charge in [0.1, 0.15) is 5.75 Å². The molecule has 0 amide bonds. The number of nitrogens with one attached hydrogen (secondary N) is 2. The van der Waals surface area contributed by atoms with Crippen molar-refractivity contribution in [1.82, 2.24) is 10.6 Å². The third-order valence-electron chi connectivity index (χ3n) is 5.50. The molecule has 1 aliphatic rings. The minimum Gasteiger partial charge on any atom is -0.482 e. The highest BCUT2D eigenvalue weighted by Crippen LogP contribution is 2.40. The molecule has 1 atom stereocenters. The van der Waals surface area contributed by atoms with E-state index in [2.05, 4.69) is 10.6 Å². The van der Waals surface area contributed by atoms with Crippen LogP contribution < -0.4 is 15.4 Å². The standard InChI is InChI=1S/C27H26N2O5S/c1-3-32-21(30)16-34-20-15-14-17-10-8-9-13-19(17)22(20)25-23(26(31)33-4-2)24(28-27(35)29-25)18-11-6-5-7-12-18/h5-15,25H,3-4,16H2,1-2H3,(H2,28,29,35)/t25-/m0/s1. The van der Waals surface area contributed by atoms with Crippen molar-refractivity contribution in [2.24, 2.45) is 0 Å². The Morgan fingerprint density at radius 2 is 1.63 bits per heavy atom.